The Bertz CT molecular complexity index is 1310. The summed E-state index contributed by atoms with van der Waals surface area (Å²) in [5.41, 5.74) is 4.00. The molecule has 49 heavy (non-hydrogen) atoms. The topological polar surface area (TPSA) is 143 Å². The zero-order chi connectivity index (χ0) is 35.1. The van der Waals surface area contributed by atoms with Crippen molar-refractivity contribution in [1.82, 2.24) is 25.6 Å². The minimum atomic E-state index is -0.433. The number of nitrogens with zero attached hydrogens (tertiary/aromatic N) is 4. The first kappa shape index (κ1) is 38.8. The third kappa shape index (κ3) is 15.4. The van der Waals surface area contributed by atoms with Crippen LogP contribution in [-0.4, -0.2) is 53.4 Å². The first-order chi connectivity index (χ1) is 23.9. The van der Waals surface area contributed by atoms with E-state index in [4.69, 9.17) is 24.4 Å². The third-order valence-electron chi connectivity index (χ3n) is 7.78. The average molecular weight is 677 g/mol. The summed E-state index contributed by atoms with van der Waals surface area (Å²) >= 11 is 0. The van der Waals surface area contributed by atoms with Gasteiger partial charge < -0.3 is 35.6 Å². The van der Waals surface area contributed by atoms with E-state index in [1.54, 1.807) is 13.8 Å². The second-order valence-electron chi connectivity index (χ2n) is 11.9. The SMILES string of the molecule is CCCCCCN(CCCCCC)c1nc(NCc2cccc(CNC(=O)OCC)c2)nc(NCc2cccc(CNC(=O)OCC)c2)n1. The van der Waals surface area contributed by atoms with Crippen LogP contribution >= 0.6 is 0 Å². The van der Waals surface area contributed by atoms with Gasteiger partial charge in [-0.15, -0.1) is 0 Å². The molecular formula is C37H56N8O4. The van der Waals surface area contributed by atoms with Crippen molar-refractivity contribution in [1.29, 1.82) is 0 Å². The minimum Gasteiger partial charge on any atom is -0.450 e. The number of rotatable bonds is 23. The van der Waals surface area contributed by atoms with Crippen molar-refractivity contribution in [3.05, 3.63) is 70.8 Å². The maximum absolute atomic E-state index is 11.8. The molecule has 268 valence electrons. The minimum absolute atomic E-state index is 0.330. The number of anilines is 3. The summed E-state index contributed by atoms with van der Waals surface area (Å²) < 4.78 is 9.96. The quantitative estimate of drug-likeness (QED) is 0.0744. The van der Waals surface area contributed by atoms with Gasteiger partial charge in [-0.05, 0) is 48.9 Å². The molecule has 0 atom stereocenters. The molecule has 0 saturated carbocycles. The van der Waals surface area contributed by atoms with Gasteiger partial charge in [-0.2, -0.15) is 15.0 Å². The summed E-state index contributed by atoms with van der Waals surface area (Å²) in [7, 11) is 0. The van der Waals surface area contributed by atoms with Crippen molar-refractivity contribution in [3.8, 4) is 0 Å². The number of aromatic nitrogens is 3. The molecule has 0 unspecified atom stereocenters. The Morgan fingerprint density at radius 3 is 1.43 bits per heavy atom. The molecule has 1 aromatic heterocycles. The predicted molar refractivity (Wildman–Crippen MR) is 196 cm³/mol. The smallest absolute Gasteiger partial charge is 0.407 e. The molecule has 0 aliphatic rings. The van der Waals surface area contributed by atoms with Crippen molar-refractivity contribution < 1.29 is 19.1 Å². The van der Waals surface area contributed by atoms with Crippen molar-refractivity contribution in [2.75, 3.05) is 41.8 Å². The lowest BCUT2D eigenvalue weighted by molar-refractivity contribution is 0.150. The van der Waals surface area contributed by atoms with Crippen LogP contribution in [0.25, 0.3) is 0 Å². The number of amides is 2. The fourth-order valence-corrected chi connectivity index (χ4v) is 5.21. The standard InChI is InChI=1S/C37H56N8O4/c1-5-9-11-13-21-45(22-14-12-10-6-2)35-43-33(38-25-29-17-15-19-31(23-29)27-40-36(46)48-7-3)42-34(44-35)39-26-30-18-16-20-32(24-30)28-41-37(47)49-8-4/h15-20,23-24H,5-14,21-22,25-28H2,1-4H3,(H,40,46)(H,41,47)(H2,38,39,42,43,44). The normalized spacial score (nSPS) is 10.7. The van der Waals surface area contributed by atoms with E-state index in [9.17, 15) is 9.59 Å². The first-order valence-electron chi connectivity index (χ1n) is 17.9. The molecule has 3 rings (SSSR count). The molecule has 0 aliphatic carbocycles. The molecule has 1 heterocycles. The highest BCUT2D eigenvalue weighted by Gasteiger charge is 2.15. The molecule has 0 saturated heterocycles. The zero-order valence-corrected chi connectivity index (χ0v) is 29.9. The highest BCUT2D eigenvalue weighted by atomic mass is 16.6. The molecule has 12 heteroatoms. The Balaban J connectivity index is 1.79. The number of benzene rings is 2. The Kier molecular flexibility index (Phi) is 18.1. The number of hydrogen-bond acceptors (Lipinski definition) is 10. The lowest BCUT2D eigenvalue weighted by atomic mass is 10.1. The van der Waals surface area contributed by atoms with Gasteiger partial charge in [-0.25, -0.2) is 9.59 Å². The largest absolute Gasteiger partial charge is 0.450 e. The fourth-order valence-electron chi connectivity index (χ4n) is 5.21. The number of ether oxygens (including phenoxy) is 2. The van der Waals surface area contributed by atoms with Gasteiger partial charge in [0.15, 0.2) is 0 Å². The Labute approximate surface area is 292 Å². The second kappa shape index (κ2) is 22.9. The van der Waals surface area contributed by atoms with Crippen LogP contribution in [0.1, 0.15) is 101 Å². The van der Waals surface area contributed by atoms with Crippen molar-refractivity contribution >= 4 is 30.0 Å². The van der Waals surface area contributed by atoms with Crippen molar-refractivity contribution in [2.45, 2.75) is 105 Å². The van der Waals surface area contributed by atoms with E-state index in [0.717, 1.165) is 48.2 Å². The number of nitrogens with one attached hydrogen (secondary N) is 4. The maximum Gasteiger partial charge on any atom is 0.407 e. The number of carbonyl (C=O) groups excluding carboxylic acids is 2. The Morgan fingerprint density at radius 1 is 0.592 bits per heavy atom. The van der Waals surface area contributed by atoms with E-state index in [1.165, 1.54) is 38.5 Å². The van der Waals surface area contributed by atoms with Gasteiger partial charge in [0.1, 0.15) is 0 Å². The average Bonchev–Trinajstić information content (AvgIpc) is 3.11. The van der Waals surface area contributed by atoms with Gasteiger partial charge in [0, 0.05) is 39.3 Å². The van der Waals surface area contributed by atoms with Crippen molar-refractivity contribution in [2.24, 2.45) is 0 Å². The molecule has 4 N–H and O–H groups in total. The van der Waals surface area contributed by atoms with Gasteiger partial charge in [-0.3, -0.25) is 0 Å². The summed E-state index contributed by atoms with van der Waals surface area (Å²) in [6.45, 7) is 12.2. The van der Waals surface area contributed by atoms with Crippen LogP contribution in [0, 0.1) is 0 Å². The van der Waals surface area contributed by atoms with E-state index in [0.29, 0.717) is 57.2 Å². The number of unbranched alkanes of at least 4 members (excludes halogenated alkanes) is 6. The summed E-state index contributed by atoms with van der Waals surface area (Å²) in [5.74, 6) is 1.64. The summed E-state index contributed by atoms with van der Waals surface area (Å²) in [6, 6.07) is 16.0. The predicted octanol–water partition coefficient (Wildman–Crippen LogP) is 7.56. The zero-order valence-electron chi connectivity index (χ0n) is 29.9. The maximum atomic E-state index is 11.8. The monoisotopic (exact) mass is 676 g/mol. The second-order valence-corrected chi connectivity index (χ2v) is 11.9. The number of carbonyl (C=O) groups is 2. The molecule has 2 amide bonds. The summed E-state index contributed by atoms with van der Waals surface area (Å²) in [5, 5.41) is 12.4. The molecule has 0 fully saturated rings. The first-order valence-corrected chi connectivity index (χ1v) is 17.9. The molecule has 0 aliphatic heterocycles. The molecule has 3 aromatic rings. The molecule has 12 nitrogen and oxygen atoms in total. The van der Waals surface area contributed by atoms with Gasteiger partial charge >= 0.3 is 12.2 Å². The summed E-state index contributed by atoms with van der Waals surface area (Å²) in [4.78, 5) is 40.4. The molecule has 0 spiro atoms. The molecule has 2 aromatic carbocycles. The highest BCUT2D eigenvalue weighted by molar-refractivity contribution is 5.67. The van der Waals surface area contributed by atoms with Crippen molar-refractivity contribution in [3.63, 3.8) is 0 Å². The van der Waals surface area contributed by atoms with Gasteiger partial charge in [-0.1, -0.05) is 101 Å². The molecule has 0 radical (unpaired) electrons. The van der Waals surface area contributed by atoms with E-state index < -0.39 is 12.2 Å². The Hall–Kier alpha value is -4.61. The number of hydrogen-bond donors (Lipinski definition) is 4. The number of alkyl carbamates (subject to hydrolysis) is 2. The lowest BCUT2D eigenvalue weighted by Gasteiger charge is -2.24. The molecule has 0 bridgehead atoms. The van der Waals surface area contributed by atoms with Crippen LogP contribution in [0.15, 0.2) is 48.5 Å². The lowest BCUT2D eigenvalue weighted by Crippen LogP contribution is -2.28. The van der Waals surface area contributed by atoms with Gasteiger partial charge in [0.2, 0.25) is 17.8 Å². The van der Waals surface area contributed by atoms with Crippen LogP contribution < -0.4 is 26.2 Å². The van der Waals surface area contributed by atoms with Crippen LogP contribution in [0.3, 0.4) is 0 Å². The van der Waals surface area contributed by atoms with Crippen LogP contribution in [0.4, 0.5) is 27.4 Å². The third-order valence-corrected chi connectivity index (χ3v) is 7.78. The van der Waals surface area contributed by atoms with Crippen LogP contribution in [0.5, 0.6) is 0 Å². The Morgan fingerprint density at radius 2 is 1.02 bits per heavy atom. The van der Waals surface area contributed by atoms with Crippen LogP contribution in [-0.2, 0) is 35.7 Å². The van der Waals surface area contributed by atoms with Gasteiger partial charge in [0.25, 0.3) is 0 Å². The van der Waals surface area contributed by atoms with Gasteiger partial charge in [0.05, 0.1) is 13.2 Å². The fraction of sp³-hybridized carbons (Fsp3) is 0.541. The van der Waals surface area contributed by atoms with E-state index >= 15 is 0 Å². The summed E-state index contributed by atoms with van der Waals surface area (Å²) in [6.07, 6.45) is 8.44. The van der Waals surface area contributed by atoms with E-state index in [1.807, 2.05) is 48.5 Å². The molecular weight excluding hydrogens is 620 g/mol. The van der Waals surface area contributed by atoms with E-state index in [2.05, 4.69) is 40.0 Å². The van der Waals surface area contributed by atoms with Crippen LogP contribution in [0.2, 0.25) is 0 Å². The highest BCUT2D eigenvalue weighted by Crippen LogP contribution is 2.19. The van der Waals surface area contributed by atoms with E-state index in [-0.39, 0.29) is 0 Å².